The van der Waals surface area contributed by atoms with Crippen molar-refractivity contribution in [3.63, 3.8) is 0 Å². The first-order valence-corrected chi connectivity index (χ1v) is 7.66. The maximum atomic E-state index is 11.9. The third-order valence-electron chi connectivity index (χ3n) is 3.33. The quantitative estimate of drug-likeness (QED) is 0.926. The molecule has 1 unspecified atom stereocenters. The Labute approximate surface area is 122 Å². The number of para-hydroxylation sites is 1. The molecule has 2 aromatic rings. The molecule has 1 N–H and O–H groups in total. The molecule has 1 aromatic heterocycles. The smallest absolute Gasteiger partial charge is 0.225 e. The van der Waals surface area contributed by atoms with E-state index in [1.807, 2.05) is 43.5 Å². The Balaban J connectivity index is 2.04. The molecular formula is C16H17NO2S. The van der Waals surface area contributed by atoms with Gasteiger partial charge in [0.25, 0.3) is 0 Å². The maximum Gasteiger partial charge on any atom is 0.225 e. The third kappa shape index (κ3) is 2.43. The highest BCUT2D eigenvalue weighted by Gasteiger charge is 2.29. The standard InChI is InChI=1S/C16H17NO2S/c1-10(2)19-14-6-4-3-5-11(14)12-9-15(18)17-13-7-8-20-16(12)13/h3-8,10,12H,9H2,1-2H3,(H,17,18). The highest BCUT2D eigenvalue weighted by molar-refractivity contribution is 7.10. The monoisotopic (exact) mass is 287 g/mol. The van der Waals surface area contributed by atoms with Crippen LogP contribution < -0.4 is 10.1 Å². The van der Waals surface area contributed by atoms with Gasteiger partial charge in [-0.25, -0.2) is 0 Å². The number of ether oxygens (including phenoxy) is 1. The molecule has 0 spiro atoms. The predicted molar refractivity (Wildman–Crippen MR) is 81.6 cm³/mol. The van der Waals surface area contributed by atoms with E-state index in [1.165, 1.54) is 4.88 Å². The summed E-state index contributed by atoms with van der Waals surface area (Å²) in [7, 11) is 0. The van der Waals surface area contributed by atoms with Crippen LogP contribution in [-0.4, -0.2) is 12.0 Å². The second kappa shape index (κ2) is 5.29. The fourth-order valence-corrected chi connectivity index (χ4v) is 3.53. The third-order valence-corrected chi connectivity index (χ3v) is 4.36. The largest absolute Gasteiger partial charge is 0.491 e. The number of hydrogen-bond donors (Lipinski definition) is 1. The van der Waals surface area contributed by atoms with E-state index in [1.54, 1.807) is 11.3 Å². The summed E-state index contributed by atoms with van der Waals surface area (Å²) in [6, 6.07) is 9.98. The molecule has 104 valence electrons. The van der Waals surface area contributed by atoms with Crippen molar-refractivity contribution in [1.29, 1.82) is 0 Å². The number of fused-ring (bicyclic) bond motifs is 1. The molecule has 1 aliphatic rings. The molecule has 0 bridgehead atoms. The van der Waals surface area contributed by atoms with Crippen molar-refractivity contribution in [2.24, 2.45) is 0 Å². The van der Waals surface area contributed by atoms with Crippen molar-refractivity contribution >= 4 is 22.9 Å². The van der Waals surface area contributed by atoms with E-state index in [4.69, 9.17) is 4.74 Å². The number of benzene rings is 1. The maximum absolute atomic E-state index is 11.9. The number of rotatable bonds is 3. The van der Waals surface area contributed by atoms with Gasteiger partial charge in [-0.2, -0.15) is 0 Å². The minimum Gasteiger partial charge on any atom is -0.491 e. The summed E-state index contributed by atoms with van der Waals surface area (Å²) in [5, 5.41) is 4.95. The van der Waals surface area contributed by atoms with Gasteiger partial charge in [-0.05, 0) is 31.4 Å². The highest BCUT2D eigenvalue weighted by atomic mass is 32.1. The number of carbonyl (C=O) groups is 1. The summed E-state index contributed by atoms with van der Waals surface area (Å²) in [6.45, 7) is 4.03. The van der Waals surface area contributed by atoms with Crippen molar-refractivity contribution in [3.05, 3.63) is 46.2 Å². The Hall–Kier alpha value is -1.81. The van der Waals surface area contributed by atoms with Gasteiger partial charge in [0.05, 0.1) is 11.8 Å². The number of nitrogens with one attached hydrogen (secondary N) is 1. The Morgan fingerprint density at radius 2 is 2.10 bits per heavy atom. The molecule has 1 aliphatic heterocycles. The van der Waals surface area contributed by atoms with Crippen molar-refractivity contribution in [2.75, 3.05) is 5.32 Å². The van der Waals surface area contributed by atoms with Crippen LogP contribution in [0.2, 0.25) is 0 Å². The minimum atomic E-state index is 0.0697. The Morgan fingerprint density at radius 1 is 1.30 bits per heavy atom. The molecule has 0 saturated carbocycles. The predicted octanol–water partition coefficient (Wildman–Crippen LogP) is 4.01. The molecule has 3 rings (SSSR count). The van der Waals surface area contributed by atoms with Crippen LogP contribution in [0.5, 0.6) is 5.75 Å². The van der Waals surface area contributed by atoms with Crippen LogP contribution in [0.15, 0.2) is 35.7 Å². The Kier molecular flexibility index (Phi) is 3.49. The molecule has 20 heavy (non-hydrogen) atoms. The number of anilines is 1. The molecule has 1 atom stereocenters. The first kappa shape index (κ1) is 13.2. The van der Waals surface area contributed by atoms with Gasteiger partial charge < -0.3 is 10.1 Å². The number of hydrogen-bond acceptors (Lipinski definition) is 3. The first-order valence-electron chi connectivity index (χ1n) is 6.78. The zero-order valence-electron chi connectivity index (χ0n) is 11.6. The number of carbonyl (C=O) groups excluding carboxylic acids is 1. The molecule has 0 saturated heterocycles. The summed E-state index contributed by atoms with van der Waals surface area (Å²) < 4.78 is 5.90. The van der Waals surface area contributed by atoms with Crippen molar-refractivity contribution in [2.45, 2.75) is 32.3 Å². The van der Waals surface area contributed by atoms with E-state index in [2.05, 4.69) is 11.4 Å². The second-order valence-corrected chi connectivity index (χ2v) is 6.16. The van der Waals surface area contributed by atoms with Gasteiger partial charge in [0.15, 0.2) is 0 Å². The first-order chi connectivity index (χ1) is 9.65. The number of thiophene rings is 1. The van der Waals surface area contributed by atoms with Crippen molar-refractivity contribution < 1.29 is 9.53 Å². The molecule has 0 radical (unpaired) electrons. The van der Waals surface area contributed by atoms with Gasteiger partial charge in [-0.3, -0.25) is 4.79 Å². The zero-order valence-corrected chi connectivity index (χ0v) is 12.4. The van der Waals surface area contributed by atoms with Crippen molar-refractivity contribution in [3.8, 4) is 5.75 Å². The summed E-state index contributed by atoms with van der Waals surface area (Å²) >= 11 is 1.69. The van der Waals surface area contributed by atoms with E-state index in [9.17, 15) is 4.79 Å². The summed E-state index contributed by atoms with van der Waals surface area (Å²) in [4.78, 5) is 13.1. The zero-order chi connectivity index (χ0) is 14.1. The fraction of sp³-hybridized carbons (Fsp3) is 0.312. The fourth-order valence-electron chi connectivity index (χ4n) is 2.55. The summed E-state index contributed by atoms with van der Waals surface area (Å²) in [6.07, 6.45) is 0.600. The van der Waals surface area contributed by atoms with Gasteiger partial charge in [0.2, 0.25) is 5.91 Å². The van der Waals surface area contributed by atoms with Crippen molar-refractivity contribution in [1.82, 2.24) is 0 Å². The van der Waals surface area contributed by atoms with Gasteiger partial charge >= 0.3 is 0 Å². The topological polar surface area (TPSA) is 38.3 Å². The van der Waals surface area contributed by atoms with E-state index in [-0.39, 0.29) is 17.9 Å². The van der Waals surface area contributed by atoms with Crippen LogP contribution in [-0.2, 0) is 4.79 Å². The summed E-state index contributed by atoms with van der Waals surface area (Å²) in [5.41, 5.74) is 2.04. The summed E-state index contributed by atoms with van der Waals surface area (Å²) in [5.74, 6) is 1.04. The van der Waals surface area contributed by atoms with E-state index in [0.717, 1.165) is 17.0 Å². The average molecular weight is 287 g/mol. The minimum absolute atomic E-state index is 0.0697. The number of amides is 1. The van der Waals surface area contributed by atoms with Crippen LogP contribution in [0.3, 0.4) is 0 Å². The van der Waals surface area contributed by atoms with Crippen LogP contribution >= 0.6 is 11.3 Å². The van der Waals surface area contributed by atoms with Gasteiger partial charge in [-0.1, -0.05) is 18.2 Å². The second-order valence-electron chi connectivity index (χ2n) is 5.21. The van der Waals surface area contributed by atoms with Crippen LogP contribution in [0.25, 0.3) is 0 Å². The molecule has 1 aromatic carbocycles. The normalized spacial score (nSPS) is 17.8. The molecule has 0 aliphatic carbocycles. The molecule has 2 heterocycles. The lowest BCUT2D eigenvalue weighted by Crippen LogP contribution is -2.22. The highest BCUT2D eigenvalue weighted by Crippen LogP contribution is 2.43. The van der Waals surface area contributed by atoms with Crippen LogP contribution in [0.4, 0.5) is 5.69 Å². The Morgan fingerprint density at radius 3 is 2.90 bits per heavy atom. The van der Waals surface area contributed by atoms with Crippen LogP contribution in [0, 0.1) is 0 Å². The van der Waals surface area contributed by atoms with E-state index in [0.29, 0.717) is 6.42 Å². The van der Waals surface area contributed by atoms with Crippen LogP contribution in [0.1, 0.15) is 36.6 Å². The SMILES string of the molecule is CC(C)Oc1ccccc1C1CC(=O)Nc2ccsc21. The lowest BCUT2D eigenvalue weighted by Gasteiger charge is -2.25. The molecule has 3 nitrogen and oxygen atoms in total. The van der Waals surface area contributed by atoms with E-state index < -0.39 is 0 Å². The lowest BCUT2D eigenvalue weighted by molar-refractivity contribution is -0.116. The molecule has 0 fully saturated rings. The molecule has 4 heteroatoms. The average Bonchev–Trinajstić information content (AvgIpc) is 2.86. The molecular weight excluding hydrogens is 270 g/mol. The van der Waals surface area contributed by atoms with E-state index >= 15 is 0 Å². The Bertz CT molecular complexity index is 633. The lowest BCUT2D eigenvalue weighted by atomic mass is 9.90. The van der Waals surface area contributed by atoms with Gasteiger partial charge in [0.1, 0.15) is 5.75 Å². The molecule has 1 amide bonds. The van der Waals surface area contributed by atoms with Gasteiger partial charge in [-0.15, -0.1) is 11.3 Å². The van der Waals surface area contributed by atoms with Gasteiger partial charge in [0, 0.05) is 22.8 Å².